The van der Waals surface area contributed by atoms with Crippen LogP contribution in [0.15, 0.2) is 0 Å². The zero-order valence-electron chi connectivity index (χ0n) is 6.06. The van der Waals surface area contributed by atoms with Crippen LogP contribution in [0, 0.1) is 0 Å². The molecule has 1 rings (SSSR count). The molecule has 0 saturated heterocycles. The van der Waals surface area contributed by atoms with Crippen LogP contribution in [0.4, 0.5) is 0 Å². The largest absolute Gasteiger partial charge is 0.676 e. The summed E-state index contributed by atoms with van der Waals surface area (Å²) < 4.78 is 0. The van der Waals surface area contributed by atoms with E-state index in [2.05, 4.69) is 38.7 Å². The molecule has 0 aromatic carbocycles. The summed E-state index contributed by atoms with van der Waals surface area (Å²) in [6.45, 7) is 0. The Hall–Kier alpha value is 2.07. The Bertz CT molecular complexity index is 84.7. The summed E-state index contributed by atoms with van der Waals surface area (Å²) in [5, 5.41) is 0. The fraction of sp³-hybridized carbons (Fsp3) is 1.00. The first-order valence-corrected chi connectivity index (χ1v) is 16.4. The molecule has 0 bridgehead atoms. The molecule has 1 aliphatic carbocycles. The normalized spacial score (nSPS) is 30.9. The van der Waals surface area contributed by atoms with Crippen molar-refractivity contribution in [1.82, 2.24) is 0 Å². The third-order valence-electron chi connectivity index (χ3n) is 1.77. The summed E-state index contributed by atoms with van der Waals surface area (Å²) in [6, 6.07) is -0.160. The van der Waals surface area contributed by atoms with E-state index in [9.17, 15) is 0 Å². The molecular formula is C6H12I2N2Pt. The summed E-state index contributed by atoms with van der Waals surface area (Å²) in [5.74, 6) is 0. The zero-order chi connectivity index (χ0) is 8.69. The van der Waals surface area contributed by atoms with Crippen LogP contribution in [0.25, 0.3) is 11.5 Å². The van der Waals surface area contributed by atoms with Crippen molar-refractivity contribution < 1.29 is 11.2 Å². The average Bonchev–Trinajstić information content (AvgIpc) is 1.97. The van der Waals surface area contributed by atoms with Gasteiger partial charge in [-0.05, 0) is 0 Å². The second-order valence-electron chi connectivity index (χ2n) is 2.54. The second-order valence-corrected chi connectivity index (χ2v) is 19.1. The Morgan fingerprint density at radius 1 is 1.00 bits per heavy atom. The van der Waals surface area contributed by atoms with Gasteiger partial charge in [-0.15, -0.1) is 0 Å². The molecule has 0 unspecified atom stereocenters. The molecular weight excluding hydrogens is 549 g/mol. The molecule has 1 fully saturated rings. The molecule has 0 heterocycles. The van der Waals surface area contributed by atoms with Gasteiger partial charge in [0.05, 0.1) is 0 Å². The summed E-state index contributed by atoms with van der Waals surface area (Å²) in [5.41, 5.74) is 14.6. The maximum Gasteiger partial charge on any atom is -0.0548 e. The molecule has 1 aliphatic rings. The topological polar surface area (TPSA) is 47.6 Å². The van der Waals surface area contributed by atoms with E-state index in [0.29, 0.717) is 11.2 Å². The zero-order valence-corrected chi connectivity index (χ0v) is 12.6. The van der Waals surface area contributed by atoms with E-state index in [4.69, 9.17) is 11.5 Å². The monoisotopic (exact) mass is 561 g/mol. The SMILES string of the molecule is [I][Pt+2][I].[NH-][C@@H]1CCCC[C@H]1[NH-]. The Labute approximate surface area is 97.8 Å². The van der Waals surface area contributed by atoms with Crippen molar-refractivity contribution in [2.24, 2.45) is 0 Å². The van der Waals surface area contributed by atoms with Gasteiger partial charge in [0.2, 0.25) is 0 Å². The standard InChI is InChI=1S/C6H12N2.2HI.Pt/c7-5-3-1-2-4-6(5)8;;;/h5-8H,1-4H2;2*1H;/q-2;;;+4/p-2/t5-,6-;;;/m1.../s1. The van der Waals surface area contributed by atoms with Gasteiger partial charge < -0.3 is 11.5 Å². The molecule has 0 aromatic heterocycles. The summed E-state index contributed by atoms with van der Waals surface area (Å²) in [6.07, 6.45) is 4.25. The summed E-state index contributed by atoms with van der Waals surface area (Å²) in [7, 11) is 0. The predicted octanol–water partition coefficient (Wildman–Crippen LogP) is 4.17. The molecule has 2 nitrogen and oxygen atoms in total. The van der Waals surface area contributed by atoms with E-state index in [0.717, 1.165) is 12.8 Å². The third kappa shape index (κ3) is 7.16. The predicted molar refractivity (Wildman–Crippen MR) is 62.7 cm³/mol. The van der Waals surface area contributed by atoms with Crippen molar-refractivity contribution in [3.05, 3.63) is 11.5 Å². The molecule has 5 heteroatoms. The summed E-state index contributed by atoms with van der Waals surface area (Å²) in [4.78, 5) is 0. The van der Waals surface area contributed by atoms with Crippen LogP contribution in [-0.2, 0) is 11.2 Å². The van der Waals surface area contributed by atoms with Crippen LogP contribution in [0.1, 0.15) is 25.7 Å². The van der Waals surface area contributed by atoms with E-state index >= 15 is 0 Å². The first-order valence-electron chi connectivity index (χ1n) is 3.47. The van der Waals surface area contributed by atoms with E-state index in [1.54, 1.807) is 0 Å². The van der Waals surface area contributed by atoms with Crippen LogP contribution in [0.3, 0.4) is 0 Å². The molecule has 0 aromatic rings. The molecule has 70 valence electrons. The van der Waals surface area contributed by atoms with E-state index in [1.807, 2.05) is 0 Å². The molecule has 0 amide bonds. The first kappa shape index (κ1) is 13.1. The van der Waals surface area contributed by atoms with Crippen molar-refractivity contribution in [3.8, 4) is 0 Å². The van der Waals surface area contributed by atoms with Crippen LogP contribution in [0.5, 0.6) is 0 Å². The second kappa shape index (κ2) is 8.66. The van der Waals surface area contributed by atoms with Crippen molar-refractivity contribution in [1.29, 1.82) is 0 Å². The van der Waals surface area contributed by atoms with Crippen LogP contribution >= 0.6 is 38.7 Å². The van der Waals surface area contributed by atoms with Crippen molar-refractivity contribution in [2.45, 2.75) is 37.8 Å². The molecule has 0 aliphatic heterocycles. The first-order chi connectivity index (χ1) is 5.22. The van der Waals surface area contributed by atoms with Crippen LogP contribution in [0.2, 0.25) is 0 Å². The maximum atomic E-state index is 7.29. The van der Waals surface area contributed by atoms with Gasteiger partial charge in [0.15, 0.2) is 0 Å². The van der Waals surface area contributed by atoms with Gasteiger partial charge >= 0.3 is 49.9 Å². The van der Waals surface area contributed by atoms with Crippen molar-refractivity contribution in [3.63, 3.8) is 0 Å². The smallest absolute Gasteiger partial charge is 0.0548 e. The molecule has 1 saturated carbocycles. The van der Waals surface area contributed by atoms with Crippen LogP contribution < -0.4 is 0 Å². The quantitative estimate of drug-likeness (QED) is 0.399. The molecule has 2 N–H and O–H groups in total. The number of rotatable bonds is 0. The van der Waals surface area contributed by atoms with Gasteiger partial charge in [0, 0.05) is 0 Å². The van der Waals surface area contributed by atoms with E-state index in [1.165, 1.54) is 12.8 Å². The van der Waals surface area contributed by atoms with Gasteiger partial charge in [-0.2, -0.15) is 12.1 Å². The minimum absolute atomic E-state index is 0.0799. The number of hydrogen-bond donors (Lipinski definition) is 0. The van der Waals surface area contributed by atoms with E-state index in [-0.39, 0.29) is 12.1 Å². The van der Waals surface area contributed by atoms with Crippen molar-refractivity contribution in [2.75, 3.05) is 0 Å². The van der Waals surface area contributed by atoms with Crippen molar-refractivity contribution >= 4 is 38.7 Å². The fourth-order valence-corrected chi connectivity index (χ4v) is 1.13. The minimum atomic E-state index is -0.0799. The fourth-order valence-electron chi connectivity index (χ4n) is 1.13. The Balaban J connectivity index is 0.000000292. The average molecular weight is 561 g/mol. The van der Waals surface area contributed by atoms with Gasteiger partial charge in [-0.25, -0.2) is 0 Å². The molecule has 11 heavy (non-hydrogen) atoms. The summed E-state index contributed by atoms with van der Waals surface area (Å²) >= 11 is 5.30. The van der Waals surface area contributed by atoms with Gasteiger partial charge in [-0.1, -0.05) is 25.7 Å². The minimum Gasteiger partial charge on any atom is -0.676 e. The Morgan fingerprint density at radius 2 is 1.27 bits per heavy atom. The van der Waals surface area contributed by atoms with Gasteiger partial charge in [-0.3, -0.25) is 0 Å². The Morgan fingerprint density at radius 3 is 1.45 bits per heavy atom. The third-order valence-corrected chi connectivity index (χ3v) is 1.77. The van der Waals surface area contributed by atoms with Gasteiger partial charge in [0.1, 0.15) is 0 Å². The Kier molecular flexibility index (Phi) is 10.3. The van der Waals surface area contributed by atoms with E-state index < -0.39 is 0 Å². The van der Waals surface area contributed by atoms with Gasteiger partial charge in [0.25, 0.3) is 0 Å². The number of halogens is 2. The maximum absolute atomic E-state index is 7.29. The molecule has 0 radical (unpaired) electrons. The van der Waals surface area contributed by atoms with Crippen LogP contribution in [-0.4, -0.2) is 12.1 Å². The number of hydrogen-bond acceptors (Lipinski definition) is 0. The number of nitrogens with one attached hydrogen (secondary N) is 2. The molecule has 2 atom stereocenters. The molecule has 0 spiro atoms.